The zero-order valence-electron chi connectivity index (χ0n) is 12.4. The Morgan fingerprint density at radius 1 is 1.27 bits per heavy atom. The van der Waals surface area contributed by atoms with Gasteiger partial charge in [0, 0.05) is 18.0 Å². The van der Waals surface area contributed by atoms with Crippen molar-refractivity contribution in [3.05, 3.63) is 23.8 Å². The number of hydrogen-bond acceptors (Lipinski definition) is 4. The second-order valence-corrected chi connectivity index (χ2v) is 5.48. The Kier molecular flexibility index (Phi) is 6.30. The smallest absolute Gasteiger partial charge is 0.330 e. The second kappa shape index (κ2) is 7.74. The lowest BCUT2D eigenvalue weighted by Gasteiger charge is -2.21. The molecule has 0 unspecified atom stereocenters. The lowest BCUT2D eigenvalue weighted by molar-refractivity contribution is -0.142. The van der Waals surface area contributed by atoms with Gasteiger partial charge < -0.3 is 20.6 Å². The van der Waals surface area contributed by atoms with E-state index in [1.165, 1.54) is 6.92 Å². The van der Waals surface area contributed by atoms with Crippen molar-refractivity contribution in [3.63, 3.8) is 0 Å². The van der Waals surface area contributed by atoms with E-state index in [2.05, 4.69) is 11.9 Å². The fourth-order valence-electron chi connectivity index (χ4n) is 2.72. The third-order valence-corrected chi connectivity index (χ3v) is 3.96. The molecule has 22 heavy (non-hydrogen) atoms. The number of carbonyl (C=O) groups is 3. The summed E-state index contributed by atoms with van der Waals surface area (Å²) in [5, 5.41) is 29.7. The van der Waals surface area contributed by atoms with Gasteiger partial charge >= 0.3 is 17.9 Å². The first-order valence-corrected chi connectivity index (χ1v) is 6.99. The summed E-state index contributed by atoms with van der Waals surface area (Å²) in [7, 11) is 0. The van der Waals surface area contributed by atoms with Crippen LogP contribution in [0, 0.1) is 11.8 Å². The molecular formula is C15H21NO6. The SMILES string of the molecule is C=C(CC/C=C(\C)C(=O)O)[C@H]1CN[C@H](C(=O)O)[C@H]1CC(=O)O. The third kappa shape index (κ3) is 4.70. The van der Waals surface area contributed by atoms with Gasteiger partial charge in [-0.25, -0.2) is 4.79 Å². The van der Waals surface area contributed by atoms with Crippen LogP contribution in [0.25, 0.3) is 0 Å². The number of allylic oxidation sites excluding steroid dienone is 1. The van der Waals surface area contributed by atoms with E-state index in [0.717, 1.165) is 5.57 Å². The Labute approximate surface area is 128 Å². The van der Waals surface area contributed by atoms with E-state index >= 15 is 0 Å². The molecular weight excluding hydrogens is 290 g/mol. The standard InChI is InChI=1S/C15H21NO6/c1-8(4-3-5-9(2)14(19)20)11-7-16-13(15(21)22)10(11)6-12(17)18/h5,10-11,13,16H,1,3-4,6-7H2,2H3,(H,17,18)(H,19,20)(H,21,22)/b9-5+/t10-,11+,13-/m0/s1. The molecule has 0 spiro atoms. The molecule has 122 valence electrons. The Morgan fingerprint density at radius 2 is 1.91 bits per heavy atom. The Balaban J connectivity index is 2.70. The first kappa shape index (κ1) is 17.9. The average molecular weight is 311 g/mol. The predicted octanol–water partition coefficient (Wildman–Crippen LogP) is 1.12. The second-order valence-electron chi connectivity index (χ2n) is 5.48. The highest BCUT2D eigenvalue weighted by Gasteiger charge is 2.41. The van der Waals surface area contributed by atoms with Gasteiger partial charge in [-0.15, -0.1) is 0 Å². The monoisotopic (exact) mass is 311 g/mol. The number of rotatable bonds is 8. The molecule has 1 aliphatic rings. The van der Waals surface area contributed by atoms with Gasteiger partial charge in [0.25, 0.3) is 0 Å². The molecule has 3 atom stereocenters. The minimum absolute atomic E-state index is 0.238. The molecule has 0 radical (unpaired) electrons. The van der Waals surface area contributed by atoms with E-state index in [4.69, 9.17) is 15.3 Å². The van der Waals surface area contributed by atoms with Crippen LogP contribution in [0.15, 0.2) is 23.8 Å². The summed E-state index contributed by atoms with van der Waals surface area (Å²) in [5.74, 6) is -3.88. The van der Waals surface area contributed by atoms with Crippen LogP contribution in [0.4, 0.5) is 0 Å². The van der Waals surface area contributed by atoms with Gasteiger partial charge in [-0.3, -0.25) is 9.59 Å². The molecule has 0 bridgehead atoms. The molecule has 1 aliphatic heterocycles. The molecule has 7 heteroatoms. The maximum atomic E-state index is 11.2. The first-order chi connectivity index (χ1) is 10.2. The largest absolute Gasteiger partial charge is 0.481 e. The summed E-state index contributed by atoms with van der Waals surface area (Å²) in [6, 6.07) is -0.894. The summed E-state index contributed by atoms with van der Waals surface area (Å²) >= 11 is 0. The minimum Gasteiger partial charge on any atom is -0.481 e. The van der Waals surface area contributed by atoms with Crippen LogP contribution in [0.3, 0.4) is 0 Å². The molecule has 0 aromatic heterocycles. The highest BCUT2D eigenvalue weighted by atomic mass is 16.4. The van der Waals surface area contributed by atoms with E-state index < -0.39 is 29.9 Å². The van der Waals surface area contributed by atoms with Crippen molar-refractivity contribution in [3.8, 4) is 0 Å². The minimum atomic E-state index is -1.07. The fourth-order valence-corrected chi connectivity index (χ4v) is 2.72. The Hall–Kier alpha value is -2.15. The van der Waals surface area contributed by atoms with E-state index in [1.807, 2.05) is 0 Å². The summed E-state index contributed by atoms with van der Waals surface area (Å²) in [4.78, 5) is 32.8. The van der Waals surface area contributed by atoms with Crippen LogP contribution in [0.2, 0.25) is 0 Å². The van der Waals surface area contributed by atoms with Gasteiger partial charge in [0.2, 0.25) is 0 Å². The molecule has 1 saturated heterocycles. The van der Waals surface area contributed by atoms with Crippen LogP contribution >= 0.6 is 0 Å². The molecule has 0 saturated carbocycles. The van der Waals surface area contributed by atoms with E-state index in [0.29, 0.717) is 19.4 Å². The highest BCUT2D eigenvalue weighted by Crippen LogP contribution is 2.33. The van der Waals surface area contributed by atoms with E-state index in [9.17, 15) is 14.4 Å². The highest BCUT2D eigenvalue weighted by molar-refractivity contribution is 5.85. The topological polar surface area (TPSA) is 124 Å². The molecule has 4 N–H and O–H groups in total. The van der Waals surface area contributed by atoms with Crippen molar-refractivity contribution >= 4 is 17.9 Å². The zero-order chi connectivity index (χ0) is 16.9. The Morgan fingerprint density at radius 3 is 2.41 bits per heavy atom. The van der Waals surface area contributed by atoms with Gasteiger partial charge in [-0.2, -0.15) is 0 Å². The number of carboxylic acid groups (broad SMARTS) is 3. The molecule has 0 amide bonds. The lowest BCUT2D eigenvalue weighted by atomic mass is 9.82. The number of carboxylic acids is 3. The molecule has 1 fully saturated rings. The van der Waals surface area contributed by atoms with Crippen LogP contribution < -0.4 is 5.32 Å². The maximum Gasteiger partial charge on any atom is 0.330 e. The Bertz CT molecular complexity index is 510. The molecule has 0 aromatic carbocycles. The van der Waals surface area contributed by atoms with Crippen molar-refractivity contribution in [1.82, 2.24) is 5.32 Å². The summed E-state index contributed by atoms with van der Waals surface area (Å²) in [6.07, 6.45) is 2.32. The molecule has 1 rings (SSSR count). The molecule has 1 heterocycles. The maximum absolute atomic E-state index is 11.2. The lowest BCUT2D eigenvalue weighted by Crippen LogP contribution is -2.36. The fraction of sp³-hybridized carbons (Fsp3) is 0.533. The van der Waals surface area contributed by atoms with Crippen molar-refractivity contribution in [2.45, 2.75) is 32.2 Å². The van der Waals surface area contributed by atoms with Crippen molar-refractivity contribution < 1.29 is 29.7 Å². The average Bonchev–Trinajstić information content (AvgIpc) is 2.81. The van der Waals surface area contributed by atoms with Crippen molar-refractivity contribution in [2.75, 3.05) is 6.54 Å². The third-order valence-electron chi connectivity index (χ3n) is 3.96. The molecule has 0 aliphatic carbocycles. The molecule has 7 nitrogen and oxygen atoms in total. The van der Waals surface area contributed by atoms with Crippen LogP contribution in [-0.2, 0) is 14.4 Å². The van der Waals surface area contributed by atoms with Crippen molar-refractivity contribution in [1.29, 1.82) is 0 Å². The van der Waals surface area contributed by atoms with Crippen LogP contribution in [0.1, 0.15) is 26.2 Å². The number of nitrogens with one attached hydrogen (secondary N) is 1. The van der Waals surface area contributed by atoms with Crippen LogP contribution in [-0.4, -0.2) is 45.8 Å². The van der Waals surface area contributed by atoms with E-state index in [1.54, 1.807) is 6.08 Å². The van der Waals surface area contributed by atoms with Gasteiger partial charge in [-0.05, 0) is 25.7 Å². The van der Waals surface area contributed by atoms with Gasteiger partial charge in [-0.1, -0.05) is 18.2 Å². The van der Waals surface area contributed by atoms with Gasteiger partial charge in [0.15, 0.2) is 0 Å². The van der Waals surface area contributed by atoms with Gasteiger partial charge in [0.05, 0.1) is 6.42 Å². The van der Waals surface area contributed by atoms with Gasteiger partial charge in [0.1, 0.15) is 6.04 Å². The summed E-state index contributed by atoms with van der Waals surface area (Å²) < 4.78 is 0. The van der Waals surface area contributed by atoms with Crippen LogP contribution in [0.5, 0.6) is 0 Å². The van der Waals surface area contributed by atoms with E-state index in [-0.39, 0.29) is 17.9 Å². The normalized spacial score (nSPS) is 25.0. The predicted molar refractivity (Wildman–Crippen MR) is 78.4 cm³/mol. The van der Waals surface area contributed by atoms with Crippen molar-refractivity contribution in [2.24, 2.45) is 11.8 Å². The number of aliphatic carboxylic acids is 3. The first-order valence-electron chi connectivity index (χ1n) is 6.99. The number of hydrogen-bond donors (Lipinski definition) is 4. The zero-order valence-corrected chi connectivity index (χ0v) is 12.4. The summed E-state index contributed by atoms with van der Waals surface area (Å²) in [5.41, 5.74) is 0.986. The quantitative estimate of drug-likeness (QED) is 0.391. The molecule has 0 aromatic rings. The summed E-state index contributed by atoms with van der Waals surface area (Å²) in [6.45, 7) is 5.79.